The molecule has 0 aliphatic heterocycles. The van der Waals surface area contributed by atoms with E-state index in [-0.39, 0.29) is 27.9 Å². The molecular weight excluding hydrogens is 833 g/mol. The molecule has 4 aromatic rings. The van der Waals surface area contributed by atoms with Crippen molar-refractivity contribution in [3.8, 4) is 0 Å². The van der Waals surface area contributed by atoms with Crippen LogP contribution in [0.2, 0.25) is 0 Å². The SMILES string of the molecule is CCCCOS(=O)(=O)c1cccc(N(CCCC)c2ccc(C(=C3C=CC(=[N+](CCCC)c4cccc(S(=O)(=O)OCCCC)c4)C=C3)c3ccccc3S(=O)(=O)O)cc2)c1. The molecule has 0 bridgehead atoms. The van der Waals surface area contributed by atoms with E-state index in [1.165, 1.54) is 18.2 Å². The minimum atomic E-state index is -4.63. The highest BCUT2D eigenvalue weighted by Gasteiger charge is 2.25. The summed E-state index contributed by atoms with van der Waals surface area (Å²) in [6.45, 7) is 9.52. The van der Waals surface area contributed by atoms with E-state index >= 15 is 0 Å². The lowest BCUT2D eigenvalue weighted by molar-refractivity contribution is -0.439. The van der Waals surface area contributed by atoms with Crippen molar-refractivity contribution >= 4 is 58.7 Å². The molecule has 0 fully saturated rings. The van der Waals surface area contributed by atoms with Crippen molar-refractivity contribution in [1.29, 1.82) is 0 Å². The number of unbranched alkanes of at least 4 members (excludes halogenated alkanes) is 4. The summed E-state index contributed by atoms with van der Waals surface area (Å²) in [4.78, 5) is 1.94. The van der Waals surface area contributed by atoms with Crippen LogP contribution in [0.5, 0.6) is 0 Å². The van der Waals surface area contributed by atoms with Gasteiger partial charge in [0.25, 0.3) is 30.4 Å². The number of hydrogen-bond acceptors (Lipinski definition) is 9. The highest BCUT2D eigenvalue weighted by atomic mass is 32.2. The van der Waals surface area contributed by atoms with Crippen LogP contribution in [-0.4, -0.2) is 66.4 Å². The van der Waals surface area contributed by atoms with Crippen LogP contribution >= 0.6 is 0 Å². The van der Waals surface area contributed by atoms with Crippen molar-refractivity contribution in [1.82, 2.24) is 0 Å². The minimum Gasteiger partial charge on any atom is -0.341 e. The van der Waals surface area contributed by atoms with Gasteiger partial charge in [0, 0.05) is 54.2 Å². The maximum atomic E-state index is 13.1. The van der Waals surface area contributed by atoms with Gasteiger partial charge in [-0.2, -0.15) is 29.8 Å². The van der Waals surface area contributed by atoms with Gasteiger partial charge in [0.05, 0.1) is 18.1 Å². The van der Waals surface area contributed by atoms with E-state index in [1.807, 2.05) is 84.0 Å². The topological polar surface area (TPSA) is 147 Å². The third kappa shape index (κ3) is 12.5. The Morgan fingerprint density at radius 2 is 1.18 bits per heavy atom. The average molecular weight is 890 g/mol. The summed E-state index contributed by atoms with van der Waals surface area (Å²) in [7, 11) is -12.6. The average Bonchev–Trinajstić information content (AvgIpc) is 3.25. The van der Waals surface area contributed by atoms with Crippen LogP contribution in [0.3, 0.4) is 0 Å². The Kier molecular flexibility index (Phi) is 17.0. The van der Waals surface area contributed by atoms with Crippen LogP contribution in [0.1, 0.15) is 90.2 Å². The summed E-state index contributed by atoms with van der Waals surface area (Å²) in [5.74, 6) is 0. The van der Waals surface area contributed by atoms with Gasteiger partial charge in [-0.25, -0.2) is 0 Å². The molecule has 4 aromatic carbocycles. The fourth-order valence-electron chi connectivity index (χ4n) is 6.81. The molecule has 0 spiro atoms. The van der Waals surface area contributed by atoms with Gasteiger partial charge in [-0.15, -0.1) is 0 Å². The van der Waals surface area contributed by atoms with Crippen LogP contribution in [0.25, 0.3) is 5.57 Å². The van der Waals surface area contributed by atoms with Gasteiger partial charge in [-0.1, -0.05) is 95.8 Å². The standard InChI is InChI=1S/C47H56N2O9S3/c1-5-9-31-48(41-17-15-19-43(35-41)60(53,54)57-33-11-7-3)39-27-23-37(24-28-39)47(45-21-13-14-22-46(45)59(50,51)52)38-25-29-40(30-26-38)49(32-10-6-2)42-18-16-20-44(36-42)61(55,56)58-34-12-8-4/h13-30,35-36H,5-12,31-34H2,1-4H3/p+1. The van der Waals surface area contributed by atoms with Crippen LogP contribution in [0.4, 0.5) is 17.1 Å². The molecule has 0 heterocycles. The lowest BCUT2D eigenvalue weighted by Gasteiger charge is -2.26. The molecule has 5 rings (SSSR count). The van der Waals surface area contributed by atoms with Crippen LogP contribution in [0, 0.1) is 0 Å². The molecule has 1 N–H and O–H groups in total. The Bertz CT molecular complexity index is 2580. The zero-order valence-electron chi connectivity index (χ0n) is 35.4. The quantitative estimate of drug-likeness (QED) is 0.0350. The second-order valence-corrected chi connectivity index (χ2v) is 19.3. The first kappa shape index (κ1) is 47.4. The monoisotopic (exact) mass is 889 g/mol. The van der Waals surface area contributed by atoms with E-state index in [1.54, 1.807) is 42.5 Å². The van der Waals surface area contributed by atoms with E-state index in [9.17, 15) is 29.8 Å². The Hall–Kier alpha value is -4.70. The summed E-state index contributed by atoms with van der Waals surface area (Å²) in [5.41, 5.74) is 5.15. The molecule has 1 aliphatic carbocycles. The highest BCUT2D eigenvalue weighted by Crippen LogP contribution is 2.36. The summed E-state index contributed by atoms with van der Waals surface area (Å²) in [6.07, 6.45) is 13.9. The van der Waals surface area contributed by atoms with Gasteiger partial charge >= 0.3 is 0 Å². The van der Waals surface area contributed by atoms with Gasteiger partial charge in [0.15, 0.2) is 0 Å². The van der Waals surface area contributed by atoms with Crippen molar-refractivity contribution in [3.63, 3.8) is 0 Å². The van der Waals surface area contributed by atoms with E-state index < -0.39 is 30.4 Å². The Morgan fingerprint density at radius 3 is 1.77 bits per heavy atom. The van der Waals surface area contributed by atoms with Crippen LogP contribution < -0.4 is 4.90 Å². The molecule has 0 saturated heterocycles. The third-order valence-electron chi connectivity index (χ3n) is 10.1. The van der Waals surface area contributed by atoms with Gasteiger partial charge in [-0.05, 0) is 90.6 Å². The molecule has 61 heavy (non-hydrogen) atoms. The fraction of sp³-hybridized carbons (Fsp3) is 0.340. The van der Waals surface area contributed by atoms with Gasteiger partial charge < -0.3 is 4.90 Å². The van der Waals surface area contributed by atoms with Gasteiger partial charge in [-0.3, -0.25) is 12.9 Å². The molecule has 0 atom stereocenters. The molecule has 0 radical (unpaired) electrons. The van der Waals surface area contributed by atoms with Crippen molar-refractivity contribution < 1.29 is 42.7 Å². The molecule has 0 amide bonds. The number of rotatable bonds is 22. The first-order chi connectivity index (χ1) is 29.2. The first-order valence-electron chi connectivity index (χ1n) is 20.9. The van der Waals surface area contributed by atoms with Crippen molar-refractivity contribution in [3.05, 3.63) is 138 Å². The molecule has 14 heteroatoms. The summed E-state index contributed by atoms with van der Waals surface area (Å²) >= 11 is 0. The number of allylic oxidation sites excluding steroid dienone is 5. The molecule has 0 aromatic heterocycles. The second kappa shape index (κ2) is 21.9. The van der Waals surface area contributed by atoms with Crippen LogP contribution in [0.15, 0.2) is 142 Å². The molecule has 0 unspecified atom stereocenters. The Labute approximate surface area is 362 Å². The smallest absolute Gasteiger partial charge is 0.297 e. The largest absolute Gasteiger partial charge is 0.341 e. The van der Waals surface area contributed by atoms with E-state index in [0.29, 0.717) is 59.6 Å². The maximum absolute atomic E-state index is 13.1. The molecule has 11 nitrogen and oxygen atoms in total. The predicted octanol–water partition coefficient (Wildman–Crippen LogP) is 10.4. The lowest BCUT2D eigenvalue weighted by Crippen LogP contribution is -2.19. The van der Waals surface area contributed by atoms with E-state index in [0.717, 1.165) is 49.9 Å². The van der Waals surface area contributed by atoms with Crippen LogP contribution in [-0.2, 0) is 38.7 Å². The second-order valence-electron chi connectivity index (χ2n) is 14.7. The highest BCUT2D eigenvalue weighted by molar-refractivity contribution is 7.87. The fourth-order valence-corrected chi connectivity index (χ4v) is 9.48. The number of hydrogen-bond donors (Lipinski definition) is 1. The summed E-state index contributed by atoms with van der Waals surface area (Å²) in [5, 5.41) is 0. The number of benzene rings is 4. The molecule has 326 valence electrons. The van der Waals surface area contributed by atoms with Gasteiger partial charge in [0.2, 0.25) is 11.4 Å². The zero-order valence-corrected chi connectivity index (χ0v) is 37.8. The normalized spacial score (nSPS) is 13.1. The maximum Gasteiger partial charge on any atom is 0.297 e. The number of anilines is 2. The third-order valence-corrected chi connectivity index (χ3v) is 13.7. The zero-order chi connectivity index (χ0) is 44.0. The molecule has 0 saturated carbocycles. The lowest BCUT2D eigenvalue weighted by atomic mass is 9.90. The van der Waals surface area contributed by atoms with Crippen molar-refractivity contribution in [2.45, 2.75) is 93.7 Å². The predicted molar refractivity (Wildman–Crippen MR) is 243 cm³/mol. The van der Waals surface area contributed by atoms with E-state index in [2.05, 4.69) is 13.8 Å². The first-order valence-corrected chi connectivity index (χ1v) is 25.2. The molecule has 1 aliphatic rings. The number of nitrogens with zero attached hydrogens (tertiary/aromatic N) is 2. The van der Waals surface area contributed by atoms with E-state index in [4.69, 9.17) is 8.37 Å². The van der Waals surface area contributed by atoms with Gasteiger partial charge in [0.1, 0.15) is 16.3 Å². The van der Waals surface area contributed by atoms with Crippen molar-refractivity contribution in [2.24, 2.45) is 0 Å². The Morgan fingerprint density at radius 1 is 0.607 bits per heavy atom. The van der Waals surface area contributed by atoms with Crippen molar-refractivity contribution in [2.75, 3.05) is 31.2 Å². The summed E-state index contributed by atoms with van der Waals surface area (Å²) < 4.78 is 101. The minimum absolute atomic E-state index is 0.0718. The summed E-state index contributed by atoms with van der Waals surface area (Å²) in [6, 6.07) is 27.3. The molecular formula is C47H57N2O9S3+. The Balaban J connectivity index is 1.60.